The minimum Gasteiger partial charge on any atom is -0.445 e. The second-order valence-electron chi connectivity index (χ2n) is 13.2. The SMILES string of the molecule is C[C@@H](C(=O)N[C@H]1Cc2c([nH]c3ccccc23)[C@H]2CC[C@H](C(=O)N[C@@H]3CCCc4ccccc43)N2C1=O)N(C)C(=O)OCc1ccccc1. The molecule has 1 aliphatic carbocycles. The van der Waals surface area contributed by atoms with Gasteiger partial charge in [-0.3, -0.25) is 19.3 Å². The Morgan fingerprint density at radius 2 is 1.69 bits per heavy atom. The number of aromatic nitrogens is 1. The van der Waals surface area contributed by atoms with Gasteiger partial charge in [0.15, 0.2) is 0 Å². The number of fused-ring (bicyclic) bond motifs is 6. The molecular formula is C38H41N5O5. The molecule has 0 unspecified atom stereocenters. The van der Waals surface area contributed by atoms with Crippen molar-refractivity contribution in [3.05, 3.63) is 107 Å². The highest BCUT2D eigenvalue weighted by molar-refractivity contribution is 5.96. The van der Waals surface area contributed by atoms with Crippen molar-refractivity contribution in [3.63, 3.8) is 0 Å². The standard InChI is InChI=1S/C38H41N5O5/c1-23(42(2)38(47)48-22-24-11-4-3-5-12-24)35(44)41-31-21-28-27-16-8-9-17-30(27)39-34(28)32-19-20-33(43(32)37(31)46)36(45)40-29-18-10-14-25-13-6-7-15-26(25)29/h3-9,11-13,15-17,23,29,31-33,39H,10,14,18-22H2,1-2H3,(H,40,45)(H,41,44)/t23-,29+,31-,32+,33+/m0/s1. The average Bonchev–Trinajstić information content (AvgIpc) is 3.69. The van der Waals surface area contributed by atoms with E-state index in [2.05, 4.69) is 27.8 Å². The number of amides is 4. The van der Waals surface area contributed by atoms with Crippen LogP contribution >= 0.6 is 0 Å². The highest BCUT2D eigenvalue weighted by atomic mass is 16.6. The number of aryl methyl sites for hydroxylation is 1. The monoisotopic (exact) mass is 647 g/mol. The lowest BCUT2D eigenvalue weighted by molar-refractivity contribution is -0.143. The molecule has 0 spiro atoms. The maximum absolute atomic E-state index is 14.5. The van der Waals surface area contributed by atoms with Crippen molar-refractivity contribution < 1.29 is 23.9 Å². The highest BCUT2D eigenvalue weighted by Gasteiger charge is 2.48. The molecule has 48 heavy (non-hydrogen) atoms. The van der Waals surface area contributed by atoms with Crippen LogP contribution in [0.25, 0.3) is 10.9 Å². The third-order valence-electron chi connectivity index (χ3n) is 10.3. The summed E-state index contributed by atoms with van der Waals surface area (Å²) in [5.74, 6) is -0.956. The molecule has 1 fully saturated rings. The van der Waals surface area contributed by atoms with Crippen LogP contribution in [0.3, 0.4) is 0 Å². The van der Waals surface area contributed by atoms with Crippen LogP contribution in [-0.4, -0.2) is 63.8 Å². The molecule has 1 saturated heterocycles. The van der Waals surface area contributed by atoms with Crippen molar-refractivity contribution in [3.8, 4) is 0 Å². The van der Waals surface area contributed by atoms with Gasteiger partial charge >= 0.3 is 6.09 Å². The molecule has 0 saturated carbocycles. The zero-order chi connectivity index (χ0) is 33.4. The first-order chi connectivity index (χ1) is 23.3. The number of H-pyrrole nitrogens is 1. The molecule has 3 N–H and O–H groups in total. The van der Waals surface area contributed by atoms with E-state index < -0.39 is 30.1 Å². The van der Waals surface area contributed by atoms with Gasteiger partial charge in [0.2, 0.25) is 17.7 Å². The van der Waals surface area contributed by atoms with Gasteiger partial charge in [-0.25, -0.2) is 4.79 Å². The zero-order valence-corrected chi connectivity index (χ0v) is 27.3. The van der Waals surface area contributed by atoms with Gasteiger partial charge in [0.05, 0.1) is 12.1 Å². The minimum absolute atomic E-state index is 0.0784. The predicted molar refractivity (Wildman–Crippen MR) is 181 cm³/mol. The summed E-state index contributed by atoms with van der Waals surface area (Å²) in [6.45, 7) is 1.68. The van der Waals surface area contributed by atoms with Crippen LogP contribution in [0.5, 0.6) is 0 Å². The summed E-state index contributed by atoms with van der Waals surface area (Å²) >= 11 is 0. The quantitative estimate of drug-likeness (QED) is 0.258. The number of carbonyl (C=O) groups excluding carboxylic acids is 4. The van der Waals surface area contributed by atoms with E-state index in [9.17, 15) is 19.2 Å². The third-order valence-corrected chi connectivity index (χ3v) is 10.3. The molecule has 4 amide bonds. The van der Waals surface area contributed by atoms with E-state index in [1.54, 1.807) is 11.8 Å². The fourth-order valence-electron chi connectivity index (χ4n) is 7.59. The van der Waals surface area contributed by atoms with E-state index in [0.717, 1.165) is 52.5 Å². The molecule has 0 bridgehead atoms. The molecule has 3 heterocycles. The first kappa shape index (κ1) is 31.5. The second kappa shape index (κ2) is 13.2. The summed E-state index contributed by atoms with van der Waals surface area (Å²) in [4.78, 5) is 61.5. The summed E-state index contributed by atoms with van der Waals surface area (Å²) in [7, 11) is 1.50. The number of nitrogens with zero attached hydrogens (tertiary/aromatic N) is 2. The summed E-state index contributed by atoms with van der Waals surface area (Å²) in [6.07, 6.45) is 3.57. The number of ether oxygens (including phenoxy) is 1. The third kappa shape index (κ3) is 5.91. The highest BCUT2D eigenvalue weighted by Crippen LogP contribution is 2.43. The average molecular weight is 648 g/mol. The van der Waals surface area contributed by atoms with Crippen molar-refractivity contribution in [2.75, 3.05) is 7.05 Å². The van der Waals surface area contributed by atoms with Gasteiger partial charge in [-0.05, 0) is 67.3 Å². The molecule has 3 aromatic carbocycles. The number of hydrogen-bond acceptors (Lipinski definition) is 5. The van der Waals surface area contributed by atoms with Gasteiger partial charge in [0, 0.05) is 30.1 Å². The normalized spacial score (nSPS) is 22.1. The van der Waals surface area contributed by atoms with Crippen LogP contribution in [-0.2, 0) is 38.6 Å². The first-order valence-electron chi connectivity index (χ1n) is 16.8. The van der Waals surface area contributed by atoms with E-state index in [-0.39, 0.29) is 36.9 Å². The van der Waals surface area contributed by atoms with Crippen LogP contribution < -0.4 is 10.6 Å². The molecule has 3 aliphatic rings. The van der Waals surface area contributed by atoms with E-state index in [1.165, 1.54) is 17.5 Å². The number of benzene rings is 3. The van der Waals surface area contributed by atoms with Crippen molar-refractivity contribution in [1.82, 2.24) is 25.4 Å². The number of nitrogens with one attached hydrogen (secondary N) is 3. The maximum Gasteiger partial charge on any atom is 0.410 e. The summed E-state index contributed by atoms with van der Waals surface area (Å²) in [6, 6.07) is 22.5. The predicted octanol–water partition coefficient (Wildman–Crippen LogP) is 5.09. The van der Waals surface area contributed by atoms with Crippen LogP contribution in [0.1, 0.15) is 72.6 Å². The van der Waals surface area contributed by atoms with Gasteiger partial charge in [0.25, 0.3) is 0 Å². The van der Waals surface area contributed by atoms with E-state index >= 15 is 0 Å². The lowest BCUT2D eigenvalue weighted by Crippen LogP contribution is -2.56. The van der Waals surface area contributed by atoms with Gasteiger partial charge < -0.3 is 25.3 Å². The Morgan fingerprint density at radius 1 is 0.938 bits per heavy atom. The van der Waals surface area contributed by atoms with Crippen LogP contribution in [0.15, 0.2) is 78.9 Å². The summed E-state index contributed by atoms with van der Waals surface area (Å²) < 4.78 is 5.44. The van der Waals surface area contributed by atoms with Crippen molar-refractivity contribution >= 4 is 34.7 Å². The topological polar surface area (TPSA) is 124 Å². The number of para-hydroxylation sites is 1. The lowest BCUT2D eigenvalue weighted by Gasteiger charge is -2.33. The number of rotatable bonds is 7. The van der Waals surface area contributed by atoms with Crippen molar-refractivity contribution in [1.29, 1.82) is 0 Å². The maximum atomic E-state index is 14.5. The fourth-order valence-corrected chi connectivity index (χ4v) is 7.59. The molecular weight excluding hydrogens is 606 g/mol. The molecule has 2 aliphatic heterocycles. The van der Waals surface area contributed by atoms with Crippen LogP contribution in [0, 0.1) is 0 Å². The molecule has 0 radical (unpaired) electrons. The van der Waals surface area contributed by atoms with E-state index in [1.807, 2.05) is 66.7 Å². The Bertz CT molecular complexity index is 1850. The fraction of sp³-hybridized carbons (Fsp3) is 0.368. The molecule has 5 atom stereocenters. The Kier molecular flexibility index (Phi) is 8.64. The van der Waals surface area contributed by atoms with Gasteiger partial charge in [0.1, 0.15) is 24.7 Å². The Morgan fingerprint density at radius 3 is 2.52 bits per heavy atom. The Labute approximate surface area is 279 Å². The van der Waals surface area contributed by atoms with Gasteiger partial charge in [-0.15, -0.1) is 0 Å². The second-order valence-corrected chi connectivity index (χ2v) is 13.2. The number of hydrogen-bond donors (Lipinski definition) is 3. The molecule has 248 valence electrons. The van der Waals surface area contributed by atoms with E-state index in [0.29, 0.717) is 12.8 Å². The Hall–Kier alpha value is -5.12. The zero-order valence-electron chi connectivity index (χ0n) is 27.3. The lowest BCUT2D eigenvalue weighted by atomic mass is 9.87. The van der Waals surface area contributed by atoms with Gasteiger partial charge in [-0.2, -0.15) is 0 Å². The molecule has 1 aromatic heterocycles. The number of likely N-dealkylation sites (N-methyl/N-ethyl adjacent to an activating group) is 1. The Balaban J connectivity index is 1.12. The van der Waals surface area contributed by atoms with Crippen molar-refractivity contribution in [2.45, 2.75) is 82.3 Å². The van der Waals surface area contributed by atoms with Crippen LogP contribution in [0.2, 0.25) is 0 Å². The minimum atomic E-state index is -0.930. The largest absolute Gasteiger partial charge is 0.445 e. The molecule has 7 rings (SSSR count). The first-order valence-corrected chi connectivity index (χ1v) is 16.8. The summed E-state index contributed by atoms with van der Waals surface area (Å²) in [5.41, 5.74) is 6.04. The number of carbonyl (C=O) groups is 4. The summed E-state index contributed by atoms with van der Waals surface area (Å²) in [5, 5.41) is 7.22. The molecule has 4 aromatic rings. The molecule has 10 nitrogen and oxygen atoms in total. The smallest absolute Gasteiger partial charge is 0.410 e. The number of aromatic amines is 1. The van der Waals surface area contributed by atoms with Crippen molar-refractivity contribution in [2.24, 2.45) is 0 Å². The molecule has 10 heteroatoms. The van der Waals surface area contributed by atoms with Gasteiger partial charge in [-0.1, -0.05) is 72.8 Å². The van der Waals surface area contributed by atoms with Crippen LogP contribution in [0.4, 0.5) is 4.79 Å². The van der Waals surface area contributed by atoms with E-state index in [4.69, 9.17) is 4.74 Å².